The van der Waals surface area contributed by atoms with Crippen molar-refractivity contribution in [3.63, 3.8) is 0 Å². The van der Waals surface area contributed by atoms with Crippen molar-refractivity contribution in [3.05, 3.63) is 41.8 Å². The fourth-order valence-corrected chi connectivity index (χ4v) is 3.20. The van der Waals surface area contributed by atoms with Gasteiger partial charge in [0.25, 0.3) is 11.8 Å². The molecule has 0 aliphatic carbocycles. The Morgan fingerprint density at radius 1 is 1.17 bits per heavy atom. The first kappa shape index (κ1) is 21.5. The Labute approximate surface area is 175 Å². The quantitative estimate of drug-likeness (QED) is 0.646. The maximum absolute atomic E-state index is 12.4. The minimum Gasteiger partial charge on any atom is -0.451 e. The maximum atomic E-state index is 12.4. The second-order valence-electron chi connectivity index (χ2n) is 7.46. The number of aryl methyl sites for hydroxylation is 1. The Morgan fingerprint density at radius 2 is 1.83 bits per heavy atom. The Morgan fingerprint density at radius 3 is 2.47 bits per heavy atom. The number of aromatic nitrogens is 1. The van der Waals surface area contributed by atoms with Crippen LogP contribution in [0.2, 0.25) is 0 Å². The summed E-state index contributed by atoms with van der Waals surface area (Å²) in [6.45, 7) is 4.11. The van der Waals surface area contributed by atoms with E-state index >= 15 is 0 Å². The molecule has 2 amide bonds. The van der Waals surface area contributed by atoms with Gasteiger partial charge in [-0.3, -0.25) is 9.59 Å². The third-order valence-corrected chi connectivity index (χ3v) is 5.06. The van der Waals surface area contributed by atoms with E-state index in [9.17, 15) is 14.4 Å². The number of amides is 2. The number of quaternary nitrogens is 1. The van der Waals surface area contributed by atoms with Crippen molar-refractivity contribution in [2.24, 2.45) is 0 Å². The molecule has 3 rings (SSSR count). The fourth-order valence-electron chi connectivity index (χ4n) is 3.20. The standard InChI is InChI=1S/C21H26N4O5/c1-15-19(22-20(30-15)16-7-5-4-6-8-16)21(28)29-14-18(27)25-11-9-24(10-12-25)13-17(26)23(2)3/h4-8H,9-14H2,1-3H3/p+1. The number of nitrogens with one attached hydrogen (secondary N) is 1. The molecule has 2 heterocycles. The third kappa shape index (κ3) is 5.24. The van der Waals surface area contributed by atoms with Gasteiger partial charge in [0.1, 0.15) is 5.76 Å². The average Bonchev–Trinajstić information content (AvgIpc) is 3.14. The molecule has 1 saturated heterocycles. The molecule has 1 fully saturated rings. The maximum Gasteiger partial charge on any atom is 0.361 e. The van der Waals surface area contributed by atoms with Gasteiger partial charge in [0.2, 0.25) is 5.89 Å². The molecular formula is C21H27N4O5+. The summed E-state index contributed by atoms with van der Waals surface area (Å²) in [5.41, 5.74) is 0.821. The Kier molecular flexibility index (Phi) is 6.83. The van der Waals surface area contributed by atoms with Crippen molar-refractivity contribution in [3.8, 4) is 11.5 Å². The minimum atomic E-state index is -0.687. The summed E-state index contributed by atoms with van der Waals surface area (Å²) in [5, 5.41) is 0. The number of benzene rings is 1. The lowest BCUT2D eigenvalue weighted by Crippen LogP contribution is -3.15. The van der Waals surface area contributed by atoms with Crippen LogP contribution in [-0.2, 0) is 14.3 Å². The number of esters is 1. The van der Waals surface area contributed by atoms with Gasteiger partial charge in [-0.2, -0.15) is 0 Å². The number of nitrogens with zero attached hydrogens (tertiary/aromatic N) is 3. The Balaban J connectivity index is 1.49. The Bertz CT molecular complexity index is 901. The van der Waals surface area contributed by atoms with E-state index in [1.807, 2.05) is 30.3 Å². The van der Waals surface area contributed by atoms with Crippen LogP contribution < -0.4 is 4.90 Å². The zero-order valence-electron chi connectivity index (χ0n) is 17.5. The summed E-state index contributed by atoms with van der Waals surface area (Å²) < 4.78 is 10.7. The predicted octanol–water partition coefficient (Wildman–Crippen LogP) is -0.378. The van der Waals surface area contributed by atoms with Crippen LogP contribution in [-0.4, -0.2) is 86.0 Å². The lowest BCUT2D eigenvalue weighted by molar-refractivity contribution is -0.896. The van der Waals surface area contributed by atoms with Crippen LogP contribution in [0.3, 0.4) is 0 Å². The smallest absolute Gasteiger partial charge is 0.361 e. The number of likely N-dealkylation sites (N-methyl/N-ethyl adjacent to an activating group) is 1. The van der Waals surface area contributed by atoms with Gasteiger partial charge in [0.15, 0.2) is 18.8 Å². The van der Waals surface area contributed by atoms with Crippen LogP contribution in [0.15, 0.2) is 34.7 Å². The fraction of sp³-hybridized carbons (Fsp3) is 0.429. The zero-order chi connectivity index (χ0) is 21.7. The highest BCUT2D eigenvalue weighted by molar-refractivity contribution is 5.91. The van der Waals surface area contributed by atoms with Gasteiger partial charge >= 0.3 is 5.97 Å². The van der Waals surface area contributed by atoms with Gasteiger partial charge in [-0.15, -0.1) is 0 Å². The summed E-state index contributed by atoms with van der Waals surface area (Å²) in [7, 11) is 3.46. The number of piperazine rings is 1. The highest BCUT2D eigenvalue weighted by Gasteiger charge is 2.27. The highest BCUT2D eigenvalue weighted by Crippen LogP contribution is 2.21. The molecule has 0 bridgehead atoms. The molecule has 0 radical (unpaired) electrons. The molecule has 2 aromatic rings. The van der Waals surface area contributed by atoms with Gasteiger partial charge in [-0.25, -0.2) is 9.78 Å². The molecule has 0 saturated carbocycles. The number of rotatable bonds is 6. The van der Waals surface area contributed by atoms with E-state index in [0.29, 0.717) is 44.4 Å². The second-order valence-corrected chi connectivity index (χ2v) is 7.46. The first-order chi connectivity index (χ1) is 14.3. The van der Waals surface area contributed by atoms with Crippen molar-refractivity contribution in [2.45, 2.75) is 6.92 Å². The van der Waals surface area contributed by atoms with Crippen molar-refractivity contribution in [2.75, 3.05) is 53.4 Å². The van der Waals surface area contributed by atoms with Crippen LogP contribution >= 0.6 is 0 Å². The first-order valence-corrected chi connectivity index (χ1v) is 9.86. The zero-order valence-corrected chi connectivity index (χ0v) is 17.5. The summed E-state index contributed by atoms with van der Waals surface area (Å²) in [6, 6.07) is 9.24. The number of hydrogen-bond acceptors (Lipinski definition) is 6. The van der Waals surface area contributed by atoms with E-state index in [4.69, 9.17) is 9.15 Å². The molecular weight excluding hydrogens is 388 g/mol. The van der Waals surface area contributed by atoms with E-state index in [0.717, 1.165) is 10.5 Å². The molecule has 0 spiro atoms. The molecule has 1 aliphatic rings. The molecule has 9 nitrogen and oxygen atoms in total. The first-order valence-electron chi connectivity index (χ1n) is 9.86. The van der Waals surface area contributed by atoms with Crippen LogP contribution in [0.5, 0.6) is 0 Å². The van der Waals surface area contributed by atoms with Gasteiger partial charge in [-0.1, -0.05) is 18.2 Å². The second kappa shape index (κ2) is 9.53. The lowest BCUT2D eigenvalue weighted by Gasteiger charge is -2.32. The van der Waals surface area contributed by atoms with Crippen LogP contribution in [0, 0.1) is 6.92 Å². The molecule has 1 N–H and O–H groups in total. The van der Waals surface area contributed by atoms with Crippen molar-refractivity contribution in [1.29, 1.82) is 0 Å². The predicted molar refractivity (Wildman–Crippen MR) is 108 cm³/mol. The summed E-state index contributed by atoms with van der Waals surface area (Å²) in [6.07, 6.45) is 0. The topological polar surface area (TPSA) is 97.4 Å². The molecule has 0 atom stereocenters. The van der Waals surface area contributed by atoms with Crippen molar-refractivity contribution in [1.82, 2.24) is 14.8 Å². The number of oxazole rings is 1. The minimum absolute atomic E-state index is 0.0663. The number of ether oxygens (including phenoxy) is 1. The average molecular weight is 415 g/mol. The molecule has 9 heteroatoms. The normalized spacial score (nSPS) is 14.4. The molecule has 160 valence electrons. The number of carbonyl (C=O) groups excluding carboxylic acids is 3. The molecule has 1 aromatic heterocycles. The van der Waals surface area contributed by atoms with Crippen molar-refractivity contribution < 1.29 is 28.4 Å². The Hall–Kier alpha value is -3.20. The van der Waals surface area contributed by atoms with Crippen LogP contribution in [0.1, 0.15) is 16.2 Å². The van der Waals surface area contributed by atoms with E-state index in [1.165, 1.54) is 0 Å². The molecule has 30 heavy (non-hydrogen) atoms. The van der Waals surface area contributed by atoms with Crippen molar-refractivity contribution >= 4 is 17.8 Å². The van der Waals surface area contributed by atoms with Gasteiger partial charge in [-0.05, 0) is 19.1 Å². The highest BCUT2D eigenvalue weighted by atomic mass is 16.5. The summed E-state index contributed by atoms with van der Waals surface area (Å²) in [5.74, 6) is -0.207. The van der Waals surface area contributed by atoms with Gasteiger partial charge in [0.05, 0.1) is 26.2 Å². The lowest BCUT2D eigenvalue weighted by atomic mass is 10.2. The van der Waals surface area contributed by atoms with Gasteiger partial charge < -0.3 is 23.9 Å². The molecule has 1 aliphatic heterocycles. The summed E-state index contributed by atoms with van der Waals surface area (Å²) >= 11 is 0. The van der Waals surface area contributed by atoms with E-state index in [1.54, 1.807) is 30.8 Å². The SMILES string of the molecule is Cc1oc(-c2ccccc2)nc1C(=O)OCC(=O)N1CC[NH+](CC(=O)N(C)C)CC1. The van der Waals surface area contributed by atoms with E-state index in [2.05, 4.69) is 4.98 Å². The number of hydrogen-bond donors (Lipinski definition) is 1. The number of carbonyl (C=O) groups is 3. The largest absolute Gasteiger partial charge is 0.451 e. The van der Waals surface area contributed by atoms with E-state index < -0.39 is 5.97 Å². The van der Waals surface area contributed by atoms with Gasteiger partial charge in [0, 0.05) is 19.7 Å². The van der Waals surface area contributed by atoms with Crippen LogP contribution in [0.4, 0.5) is 0 Å². The molecule has 0 unspecified atom stereocenters. The molecule has 1 aromatic carbocycles. The van der Waals surface area contributed by atoms with E-state index in [-0.39, 0.29) is 24.1 Å². The van der Waals surface area contributed by atoms with Crippen LogP contribution in [0.25, 0.3) is 11.5 Å². The monoisotopic (exact) mass is 415 g/mol. The summed E-state index contributed by atoms with van der Waals surface area (Å²) in [4.78, 5) is 45.2. The third-order valence-electron chi connectivity index (χ3n) is 5.06.